The molecule has 1 atom stereocenters. The van der Waals surface area contributed by atoms with E-state index in [1.807, 2.05) is 0 Å². The lowest BCUT2D eigenvalue weighted by atomic mass is 10.1. The molecule has 0 radical (unpaired) electrons. The molecular formula is C10H12FO4P. The van der Waals surface area contributed by atoms with Crippen LogP contribution in [0.2, 0.25) is 0 Å². The zero-order valence-corrected chi connectivity index (χ0v) is 9.62. The fourth-order valence-electron chi connectivity index (χ4n) is 1.16. The first-order valence-electron chi connectivity index (χ1n) is 4.70. The predicted octanol–water partition coefficient (Wildman–Crippen LogP) is 2.23. The summed E-state index contributed by atoms with van der Waals surface area (Å²) in [7, 11) is -3.87. The van der Waals surface area contributed by atoms with Gasteiger partial charge in [0.15, 0.2) is 5.78 Å². The Morgan fingerprint density at radius 2 is 2.00 bits per heavy atom. The summed E-state index contributed by atoms with van der Waals surface area (Å²) in [5, 5.41) is 0. The van der Waals surface area contributed by atoms with Crippen molar-refractivity contribution in [1.29, 1.82) is 0 Å². The number of hydrogen-bond acceptors (Lipinski definition) is 3. The molecule has 0 spiro atoms. The van der Waals surface area contributed by atoms with Crippen LogP contribution in [0.3, 0.4) is 0 Å². The van der Waals surface area contributed by atoms with Crippen molar-refractivity contribution in [2.24, 2.45) is 0 Å². The smallest absolute Gasteiger partial charge is 0.324 e. The van der Waals surface area contributed by atoms with Crippen molar-refractivity contribution >= 4 is 13.4 Å². The summed E-state index contributed by atoms with van der Waals surface area (Å²) < 4.78 is 28.4. The molecule has 4 nitrogen and oxygen atoms in total. The highest BCUT2D eigenvalue weighted by molar-refractivity contribution is 7.53. The molecule has 88 valence electrons. The van der Waals surface area contributed by atoms with Crippen LogP contribution in [-0.4, -0.2) is 23.4 Å². The maximum absolute atomic E-state index is 12.6. The van der Waals surface area contributed by atoms with Crippen molar-refractivity contribution in [2.75, 3.05) is 12.8 Å². The van der Waals surface area contributed by atoms with Gasteiger partial charge < -0.3 is 9.42 Å². The number of benzene rings is 1. The van der Waals surface area contributed by atoms with Gasteiger partial charge in [0.1, 0.15) is 12.0 Å². The van der Waals surface area contributed by atoms with E-state index in [1.54, 1.807) is 6.92 Å². The van der Waals surface area contributed by atoms with Crippen LogP contribution in [-0.2, 0) is 9.09 Å². The number of rotatable bonds is 5. The van der Waals surface area contributed by atoms with Crippen LogP contribution in [0.25, 0.3) is 0 Å². The summed E-state index contributed by atoms with van der Waals surface area (Å²) in [4.78, 5) is 20.8. The minimum Gasteiger partial charge on any atom is -0.324 e. The third-order valence-electron chi connectivity index (χ3n) is 1.84. The summed E-state index contributed by atoms with van der Waals surface area (Å²) >= 11 is 0. The van der Waals surface area contributed by atoms with E-state index >= 15 is 0 Å². The first kappa shape index (κ1) is 13.0. The monoisotopic (exact) mass is 246 g/mol. The molecule has 0 aromatic heterocycles. The number of ketones is 1. The summed E-state index contributed by atoms with van der Waals surface area (Å²) in [6.45, 7) is 1.62. The summed E-state index contributed by atoms with van der Waals surface area (Å²) in [5.74, 6) is -1.01. The van der Waals surface area contributed by atoms with Gasteiger partial charge in [-0.3, -0.25) is 9.36 Å². The normalized spacial score (nSPS) is 14.4. The molecular weight excluding hydrogens is 234 g/mol. The number of hydrogen-bond donors (Lipinski definition) is 1. The maximum Gasteiger partial charge on any atom is 0.335 e. The molecule has 1 unspecified atom stereocenters. The SMILES string of the molecule is CCOP(=O)(O)CC(=O)c1ccc(F)cc1. The van der Waals surface area contributed by atoms with Crippen LogP contribution in [0.1, 0.15) is 17.3 Å². The minimum atomic E-state index is -3.87. The number of carbonyl (C=O) groups excluding carboxylic acids is 1. The van der Waals surface area contributed by atoms with Crippen LogP contribution >= 0.6 is 7.60 Å². The van der Waals surface area contributed by atoms with Gasteiger partial charge >= 0.3 is 7.60 Å². The van der Waals surface area contributed by atoms with Gasteiger partial charge in [-0.25, -0.2) is 4.39 Å². The molecule has 1 aromatic rings. The van der Waals surface area contributed by atoms with Gasteiger partial charge in [0.25, 0.3) is 0 Å². The Morgan fingerprint density at radius 3 is 2.50 bits per heavy atom. The summed E-state index contributed by atoms with van der Waals surface area (Å²) in [6.07, 6.45) is -0.591. The van der Waals surface area contributed by atoms with Crippen molar-refractivity contribution in [1.82, 2.24) is 0 Å². The predicted molar refractivity (Wildman–Crippen MR) is 57.0 cm³/mol. The lowest BCUT2D eigenvalue weighted by Gasteiger charge is -2.09. The molecule has 0 saturated carbocycles. The lowest BCUT2D eigenvalue weighted by molar-refractivity contribution is 0.101. The highest BCUT2D eigenvalue weighted by Crippen LogP contribution is 2.41. The molecule has 0 heterocycles. The second-order valence-corrected chi connectivity index (χ2v) is 4.99. The van der Waals surface area contributed by atoms with Gasteiger partial charge in [-0.1, -0.05) is 0 Å². The zero-order valence-electron chi connectivity index (χ0n) is 8.72. The summed E-state index contributed by atoms with van der Waals surface area (Å²) in [5.41, 5.74) is 0.190. The van der Waals surface area contributed by atoms with E-state index in [0.717, 1.165) is 12.1 Å². The molecule has 0 saturated heterocycles. The fourth-order valence-corrected chi connectivity index (χ4v) is 2.20. The van der Waals surface area contributed by atoms with Crippen LogP contribution in [0.15, 0.2) is 24.3 Å². The maximum atomic E-state index is 12.6. The van der Waals surface area contributed by atoms with Gasteiger partial charge in [-0.2, -0.15) is 0 Å². The Hall–Kier alpha value is -1.03. The van der Waals surface area contributed by atoms with Crippen LogP contribution in [0, 0.1) is 5.82 Å². The van der Waals surface area contributed by atoms with Gasteiger partial charge in [0.05, 0.1) is 6.61 Å². The van der Waals surface area contributed by atoms with E-state index in [2.05, 4.69) is 4.52 Å². The van der Waals surface area contributed by atoms with Crippen LogP contribution < -0.4 is 0 Å². The second kappa shape index (κ2) is 5.34. The van der Waals surface area contributed by atoms with Crippen molar-refractivity contribution in [3.8, 4) is 0 Å². The lowest BCUT2D eigenvalue weighted by Crippen LogP contribution is -2.07. The number of Topliss-reactive ketones (excluding diaryl/α,β-unsaturated/α-hetero) is 1. The van der Waals surface area contributed by atoms with E-state index in [4.69, 9.17) is 0 Å². The molecule has 0 aliphatic heterocycles. The Bertz CT molecular complexity index is 415. The zero-order chi connectivity index (χ0) is 12.2. The molecule has 0 aliphatic rings. The highest BCUT2D eigenvalue weighted by Gasteiger charge is 2.23. The first-order chi connectivity index (χ1) is 7.44. The molecule has 0 bridgehead atoms. The largest absolute Gasteiger partial charge is 0.335 e. The number of halogens is 1. The molecule has 0 fully saturated rings. The molecule has 0 amide bonds. The number of carbonyl (C=O) groups is 1. The van der Waals surface area contributed by atoms with E-state index < -0.39 is 25.4 Å². The molecule has 1 rings (SSSR count). The topological polar surface area (TPSA) is 63.6 Å². The Kier molecular flexibility index (Phi) is 4.35. The second-order valence-electron chi connectivity index (χ2n) is 3.14. The molecule has 16 heavy (non-hydrogen) atoms. The van der Waals surface area contributed by atoms with Crippen molar-refractivity contribution < 1.29 is 23.2 Å². The van der Waals surface area contributed by atoms with Gasteiger partial charge in [0, 0.05) is 5.56 Å². The Balaban J connectivity index is 2.73. The Morgan fingerprint density at radius 1 is 1.44 bits per heavy atom. The average molecular weight is 246 g/mol. The molecule has 1 N–H and O–H groups in total. The van der Waals surface area contributed by atoms with Crippen LogP contribution in [0.4, 0.5) is 4.39 Å². The van der Waals surface area contributed by atoms with Crippen molar-refractivity contribution in [3.63, 3.8) is 0 Å². The average Bonchev–Trinajstić information content (AvgIpc) is 2.17. The van der Waals surface area contributed by atoms with Gasteiger partial charge in [-0.05, 0) is 31.2 Å². The fraction of sp³-hybridized carbons (Fsp3) is 0.300. The van der Waals surface area contributed by atoms with Crippen molar-refractivity contribution in [2.45, 2.75) is 6.92 Å². The van der Waals surface area contributed by atoms with E-state index in [0.29, 0.717) is 0 Å². The minimum absolute atomic E-state index is 0.0600. The molecule has 1 aromatic carbocycles. The van der Waals surface area contributed by atoms with Gasteiger partial charge in [0.2, 0.25) is 0 Å². The summed E-state index contributed by atoms with van der Waals surface area (Å²) in [6, 6.07) is 4.78. The first-order valence-corrected chi connectivity index (χ1v) is 6.46. The third-order valence-corrected chi connectivity index (χ3v) is 3.19. The van der Waals surface area contributed by atoms with E-state index in [9.17, 15) is 18.6 Å². The highest BCUT2D eigenvalue weighted by atomic mass is 31.2. The van der Waals surface area contributed by atoms with Gasteiger partial charge in [-0.15, -0.1) is 0 Å². The molecule has 0 aliphatic carbocycles. The van der Waals surface area contributed by atoms with E-state index in [1.165, 1.54) is 12.1 Å². The van der Waals surface area contributed by atoms with Crippen LogP contribution in [0.5, 0.6) is 0 Å². The van der Waals surface area contributed by atoms with E-state index in [-0.39, 0.29) is 12.2 Å². The quantitative estimate of drug-likeness (QED) is 0.639. The molecule has 6 heteroatoms. The third kappa shape index (κ3) is 3.85. The Labute approximate surface area is 92.6 Å². The van der Waals surface area contributed by atoms with Crippen molar-refractivity contribution in [3.05, 3.63) is 35.6 Å². The standard InChI is InChI=1S/C10H12FO4P/c1-2-15-16(13,14)7-10(12)8-3-5-9(11)6-4-8/h3-6H,2,7H2,1H3,(H,13,14).